The number of hydrogen-bond donors (Lipinski definition) is 1. The molecule has 0 unspecified atom stereocenters. The molecule has 0 aromatic heterocycles. The highest BCUT2D eigenvalue weighted by Crippen LogP contribution is 2.41. The van der Waals surface area contributed by atoms with Crippen molar-refractivity contribution < 1.29 is 38.2 Å². The van der Waals surface area contributed by atoms with Gasteiger partial charge in [0.25, 0.3) is 0 Å². The number of methoxy groups -OCH3 is 3. The number of rotatable bonds is 6. The van der Waals surface area contributed by atoms with E-state index in [9.17, 15) is 24.0 Å². The molecule has 0 saturated heterocycles. The molecule has 0 atom stereocenters. The minimum Gasteiger partial charge on any atom is -0.469 e. The Labute approximate surface area is 267 Å². The average Bonchev–Trinajstić information content (AvgIpc) is 3.07. The maximum atomic E-state index is 12.6. The van der Waals surface area contributed by atoms with Crippen LogP contribution in [-0.4, -0.2) is 51.3 Å². The molecule has 46 heavy (non-hydrogen) atoms. The summed E-state index contributed by atoms with van der Waals surface area (Å²) in [4.78, 5) is 56.0. The first-order valence-electron chi connectivity index (χ1n) is 14.4. The number of ether oxygens (including phenoxy) is 3. The van der Waals surface area contributed by atoms with Crippen LogP contribution < -0.4 is 5.32 Å². The molecule has 0 spiro atoms. The molecule has 0 amide bonds. The Morgan fingerprint density at radius 2 is 1.15 bits per heavy atom. The lowest BCUT2D eigenvalue weighted by atomic mass is 9.78. The minimum absolute atomic E-state index is 0.115. The van der Waals surface area contributed by atoms with Crippen LogP contribution in [0.15, 0.2) is 107 Å². The number of carbonyl (C=O) groups excluding carboxylic acids is 5. The molecule has 9 heteroatoms. The van der Waals surface area contributed by atoms with Crippen LogP contribution in [0.25, 0.3) is 21.5 Å². The molecule has 0 bridgehead atoms. The smallest absolute Gasteiger partial charge is 0.336 e. The standard InChI is InChI=1S/C21H21NO4.C11H8O.C5H8O3/c1-12-17(20(23)25-3)19(18(13(2)22-12)21(24)26-4)16-11-7-9-14-8-5-6-10-15(14)16;12-8-10-6-3-5-9-4-1-2-7-11(9)10;1-4(6)3-5(7)8-2/h5-11,19,22H,1-4H3;1-8H;3H2,1-2H3. The monoisotopic (exact) mass is 623 g/mol. The molecule has 9 nitrogen and oxygen atoms in total. The van der Waals surface area contributed by atoms with E-state index in [1.165, 1.54) is 28.3 Å². The molecule has 1 N–H and O–H groups in total. The number of Topliss-reactive ketones (excluding diaryl/α,β-unsaturated/α-hetero) is 1. The van der Waals surface area contributed by atoms with E-state index in [2.05, 4.69) is 10.1 Å². The summed E-state index contributed by atoms with van der Waals surface area (Å²) in [7, 11) is 3.93. The molecule has 0 radical (unpaired) electrons. The molecule has 1 aliphatic heterocycles. The number of esters is 3. The first-order valence-corrected chi connectivity index (χ1v) is 14.4. The second kappa shape index (κ2) is 16.5. The Morgan fingerprint density at radius 3 is 1.63 bits per heavy atom. The maximum Gasteiger partial charge on any atom is 0.336 e. The van der Waals surface area contributed by atoms with Crippen LogP contribution in [0, 0.1) is 0 Å². The van der Waals surface area contributed by atoms with Crippen LogP contribution in [0.1, 0.15) is 49.0 Å². The second-order valence-electron chi connectivity index (χ2n) is 10.3. The highest BCUT2D eigenvalue weighted by Gasteiger charge is 2.38. The first kappa shape index (κ1) is 34.9. The number of hydrogen-bond acceptors (Lipinski definition) is 9. The predicted molar refractivity (Wildman–Crippen MR) is 176 cm³/mol. The van der Waals surface area contributed by atoms with Crippen molar-refractivity contribution in [2.75, 3.05) is 21.3 Å². The number of allylic oxidation sites excluding steroid dienone is 2. The highest BCUT2D eigenvalue weighted by atomic mass is 16.5. The van der Waals surface area contributed by atoms with Gasteiger partial charge in [-0.3, -0.25) is 14.4 Å². The normalized spacial score (nSPS) is 12.6. The fourth-order valence-corrected chi connectivity index (χ4v) is 5.20. The van der Waals surface area contributed by atoms with E-state index in [1.807, 2.05) is 98.8 Å². The lowest BCUT2D eigenvalue weighted by molar-refractivity contribution is -0.143. The summed E-state index contributed by atoms with van der Waals surface area (Å²) >= 11 is 0. The summed E-state index contributed by atoms with van der Waals surface area (Å²) in [5, 5.41) is 7.26. The van der Waals surface area contributed by atoms with Gasteiger partial charge in [0, 0.05) is 17.0 Å². The van der Waals surface area contributed by atoms with Crippen LogP contribution in [0.2, 0.25) is 0 Å². The van der Waals surface area contributed by atoms with Gasteiger partial charge in [0.2, 0.25) is 0 Å². The van der Waals surface area contributed by atoms with E-state index in [0.29, 0.717) is 22.5 Å². The number of ketones is 1. The van der Waals surface area contributed by atoms with Crippen molar-refractivity contribution in [2.24, 2.45) is 0 Å². The van der Waals surface area contributed by atoms with Crippen molar-refractivity contribution in [3.05, 3.63) is 119 Å². The molecular weight excluding hydrogens is 586 g/mol. The summed E-state index contributed by atoms with van der Waals surface area (Å²) in [5.74, 6) is -2.15. The molecule has 4 aromatic rings. The second-order valence-corrected chi connectivity index (χ2v) is 10.3. The van der Waals surface area contributed by atoms with Gasteiger partial charge in [-0.15, -0.1) is 0 Å². The highest BCUT2D eigenvalue weighted by molar-refractivity contribution is 6.02. The average molecular weight is 624 g/mol. The van der Waals surface area contributed by atoms with E-state index in [0.717, 1.165) is 39.0 Å². The number of benzene rings is 4. The van der Waals surface area contributed by atoms with Gasteiger partial charge in [-0.05, 0) is 47.9 Å². The topological polar surface area (TPSA) is 125 Å². The molecule has 5 rings (SSSR count). The molecule has 0 saturated carbocycles. The first-order chi connectivity index (χ1) is 22.1. The van der Waals surface area contributed by atoms with Crippen LogP contribution in [0.5, 0.6) is 0 Å². The van der Waals surface area contributed by atoms with Crippen molar-refractivity contribution in [1.82, 2.24) is 5.32 Å². The van der Waals surface area contributed by atoms with Crippen LogP contribution in [0.3, 0.4) is 0 Å². The van der Waals surface area contributed by atoms with E-state index < -0.39 is 23.8 Å². The fourth-order valence-electron chi connectivity index (χ4n) is 5.20. The van der Waals surface area contributed by atoms with Gasteiger partial charge < -0.3 is 19.5 Å². The molecule has 4 aromatic carbocycles. The quantitative estimate of drug-likeness (QED) is 0.115. The van der Waals surface area contributed by atoms with Gasteiger partial charge in [0.1, 0.15) is 12.2 Å². The van der Waals surface area contributed by atoms with Gasteiger partial charge in [-0.1, -0.05) is 84.9 Å². The zero-order valence-corrected chi connectivity index (χ0v) is 26.7. The summed E-state index contributed by atoms with van der Waals surface area (Å²) in [6, 6.07) is 27.3. The van der Waals surface area contributed by atoms with Crippen LogP contribution >= 0.6 is 0 Å². The number of aldehydes is 1. The predicted octanol–water partition coefficient (Wildman–Crippen LogP) is 6.21. The van der Waals surface area contributed by atoms with E-state index in [1.54, 1.807) is 0 Å². The molecule has 1 heterocycles. The zero-order valence-electron chi connectivity index (χ0n) is 26.7. The summed E-state index contributed by atoms with van der Waals surface area (Å²) < 4.78 is 14.2. The summed E-state index contributed by atoms with van der Waals surface area (Å²) in [6.45, 7) is 4.96. The van der Waals surface area contributed by atoms with Crippen molar-refractivity contribution in [1.29, 1.82) is 0 Å². The van der Waals surface area contributed by atoms with Crippen LogP contribution in [-0.2, 0) is 33.4 Å². The number of fused-ring (bicyclic) bond motifs is 2. The van der Waals surface area contributed by atoms with Gasteiger partial charge in [-0.2, -0.15) is 0 Å². The lowest BCUT2D eigenvalue weighted by Gasteiger charge is -2.30. The Hall–Kier alpha value is -5.57. The Balaban J connectivity index is 0.000000236. The van der Waals surface area contributed by atoms with Crippen molar-refractivity contribution in [2.45, 2.75) is 33.1 Å². The van der Waals surface area contributed by atoms with Crippen molar-refractivity contribution in [3.63, 3.8) is 0 Å². The number of carbonyl (C=O) groups is 5. The van der Waals surface area contributed by atoms with E-state index >= 15 is 0 Å². The zero-order chi connectivity index (χ0) is 33.8. The van der Waals surface area contributed by atoms with E-state index in [4.69, 9.17) is 9.47 Å². The van der Waals surface area contributed by atoms with Crippen molar-refractivity contribution in [3.8, 4) is 0 Å². The lowest BCUT2D eigenvalue weighted by Crippen LogP contribution is -2.32. The Bertz CT molecular complexity index is 1790. The van der Waals surface area contributed by atoms with Gasteiger partial charge in [0.15, 0.2) is 6.29 Å². The van der Waals surface area contributed by atoms with Gasteiger partial charge in [-0.25, -0.2) is 9.59 Å². The Kier molecular flexibility index (Phi) is 12.5. The third kappa shape index (κ3) is 8.32. The summed E-state index contributed by atoms with van der Waals surface area (Å²) in [6.07, 6.45) is 0.777. The largest absolute Gasteiger partial charge is 0.469 e. The summed E-state index contributed by atoms with van der Waals surface area (Å²) in [5.41, 5.74) is 3.78. The SMILES string of the molecule is COC(=O)C1=C(C)NC(C)=C(C(=O)OC)C1c1cccc2ccccc12.COC(=O)CC(C)=O.O=Cc1cccc2ccccc12. The molecule has 1 aliphatic rings. The van der Waals surface area contributed by atoms with Crippen LogP contribution in [0.4, 0.5) is 0 Å². The molecular formula is C37H37NO8. The number of nitrogens with one attached hydrogen (secondary N) is 1. The van der Waals surface area contributed by atoms with E-state index in [-0.39, 0.29) is 12.2 Å². The molecule has 0 aliphatic carbocycles. The third-order valence-electron chi connectivity index (χ3n) is 7.28. The molecule has 0 fully saturated rings. The van der Waals surface area contributed by atoms with Gasteiger partial charge in [0.05, 0.1) is 38.4 Å². The third-order valence-corrected chi connectivity index (χ3v) is 7.28. The fraction of sp³-hybridized carbons (Fsp3) is 0.216. The van der Waals surface area contributed by atoms with Crippen molar-refractivity contribution >= 4 is 51.5 Å². The van der Waals surface area contributed by atoms with Gasteiger partial charge >= 0.3 is 17.9 Å². The maximum absolute atomic E-state index is 12.6. The molecule has 238 valence electrons. The minimum atomic E-state index is -0.567. The Morgan fingerprint density at radius 1 is 0.674 bits per heavy atom. The number of dihydropyridines is 1.